The van der Waals surface area contributed by atoms with Crippen LogP contribution in [-0.4, -0.2) is 51.2 Å². The fourth-order valence-electron chi connectivity index (χ4n) is 2.77. The first-order valence-electron chi connectivity index (χ1n) is 9.19. The third-order valence-corrected chi connectivity index (χ3v) is 4.45. The van der Waals surface area contributed by atoms with E-state index >= 15 is 4.39 Å². The number of nitrogens with zero attached hydrogens (tertiary/aromatic N) is 2. The minimum absolute atomic E-state index is 0.130. The molecule has 1 aliphatic rings. The third-order valence-electron chi connectivity index (χ3n) is 4.45. The summed E-state index contributed by atoms with van der Waals surface area (Å²) in [6, 6.07) is 1.24. The predicted octanol–water partition coefficient (Wildman–Crippen LogP) is 1.44. The highest BCUT2D eigenvalue weighted by Crippen LogP contribution is 2.43. The van der Waals surface area contributed by atoms with Crippen molar-refractivity contribution in [1.29, 1.82) is 0 Å². The van der Waals surface area contributed by atoms with Crippen molar-refractivity contribution >= 4 is 17.8 Å². The Morgan fingerprint density at radius 2 is 1.97 bits per heavy atom. The normalized spacial score (nSPS) is 26.6. The van der Waals surface area contributed by atoms with Gasteiger partial charge in [0, 0.05) is 6.20 Å². The van der Waals surface area contributed by atoms with Crippen LogP contribution >= 0.6 is 0 Å². The van der Waals surface area contributed by atoms with E-state index in [1.165, 1.54) is 12.3 Å². The van der Waals surface area contributed by atoms with Crippen molar-refractivity contribution in [3.8, 4) is 0 Å². The standard InChI is InChI=1S/C18H26FN3O7/c1-9(2)14(23)27-8-11-13(29-15(24)10(3)4)18(5,19)16(28-11)22-7-6-12(21-26)20-17(22)25/h6-7,9-11,13,16,26H,8H2,1-5H3,(H,20,21,25)/t11-,13-,16-,18-/m1/s1. The summed E-state index contributed by atoms with van der Waals surface area (Å²) < 4.78 is 32.7. The van der Waals surface area contributed by atoms with E-state index in [4.69, 9.17) is 19.4 Å². The maximum atomic E-state index is 15.7. The maximum absolute atomic E-state index is 15.7. The molecule has 0 unspecified atom stereocenters. The molecule has 0 radical (unpaired) electrons. The van der Waals surface area contributed by atoms with Gasteiger partial charge in [-0.15, -0.1) is 0 Å². The van der Waals surface area contributed by atoms with E-state index in [1.54, 1.807) is 33.2 Å². The Bertz CT molecular complexity index is 809. The van der Waals surface area contributed by atoms with Crippen LogP contribution in [-0.2, 0) is 23.8 Å². The molecule has 1 saturated heterocycles. The van der Waals surface area contributed by atoms with Crippen molar-refractivity contribution in [2.75, 3.05) is 12.1 Å². The molecule has 11 heteroatoms. The molecule has 29 heavy (non-hydrogen) atoms. The lowest BCUT2D eigenvalue weighted by molar-refractivity contribution is -0.165. The van der Waals surface area contributed by atoms with Crippen LogP contribution < -0.4 is 11.2 Å². The molecule has 4 atom stereocenters. The summed E-state index contributed by atoms with van der Waals surface area (Å²) in [7, 11) is 0. The summed E-state index contributed by atoms with van der Waals surface area (Å²) in [5, 5.41) is 8.85. The molecule has 2 heterocycles. The van der Waals surface area contributed by atoms with Crippen LogP contribution in [0.15, 0.2) is 17.1 Å². The van der Waals surface area contributed by atoms with Crippen LogP contribution in [0.4, 0.5) is 10.2 Å². The average Bonchev–Trinajstić information content (AvgIpc) is 2.89. The topological polar surface area (TPSA) is 129 Å². The number of alkyl halides is 1. The molecule has 1 aromatic rings. The van der Waals surface area contributed by atoms with E-state index < -0.39 is 53.6 Å². The lowest BCUT2D eigenvalue weighted by Crippen LogP contribution is -2.46. The van der Waals surface area contributed by atoms with Gasteiger partial charge in [-0.2, -0.15) is 4.98 Å². The Kier molecular flexibility index (Phi) is 6.96. The lowest BCUT2D eigenvalue weighted by atomic mass is 9.98. The number of hydrogen-bond acceptors (Lipinski definition) is 9. The van der Waals surface area contributed by atoms with Gasteiger partial charge in [-0.3, -0.25) is 24.8 Å². The van der Waals surface area contributed by atoms with Crippen molar-refractivity contribution in [2.24, 2.45) is 11.8 Å². The lowest BCUT2D eigenvalue weighted by Gasteiger charge is -2.28. The second-order valence-electron chi connectivity index (χ2n) is 7.59. The highest BCUT2D eigenvalue weighted by Gasteiger charge is 2.58. The monoisotopic (exact) mass is 415 g/mol. The fourth-order valence-corrected chi connectivity index (χ4v) is 2.77. The molecule has 2 rings (SSSR count). The van der Waals surface area contributed by atoms with Gasteiger partial charge < -0.3 is 14.2 Å². The van der Waals surface area contributed by atoms with Gasteiger partial charge in [0.2, 0.25) is 0 Å². The molecule has 10 nitrogen and oxygen atoms in total. The van der Waals surface area contributed by atoms with Gasteiger partial charge in [-0.25, -0.2) is 9.18 Å². The first kappa shape index (κ1) is 22.8. The second kappa shape index (κ2) is 8.87. The van der Waals surface area contributed by atoms with Gasteiger partial charge in [-0.1, -0.05) is 27.7 Å². The molecule has 0 bridgehead atoms. The average molecular weight is 415 g/mol. The van der Waals surface area contributed by atoms with Crippen LogP contribution in [0.5, 0.6) is 0 Å². The molecule has 0 saturated carbocycles. The predicted molar refractivity (Wildman–Crippen MR) is 97.8 cm³/mol. The number of halogens is 1. The fraction of sp³-hybridized carbons (Fsp3) is 0.667. The van der Waals surface area contributed by atoms with Crippen LogP contribution in [0, 0.1) is 11.8 Å². The molecule has 162 valence electrons. The minimum Gasteiger partial charge on any atom is -0.463 e. The van der Waals surface area contributed by atoms with Gasteiger partial charge in [0.1, 0.15) is 12.7 Å². The largest absolute Gasteiger partial charge is 0.463 e. The summed E-state index contributed by atoms with van der Waals surface area (Å²) in [4.78, 5) is 39.7. The summed E-state index contributed by atoms with van der Waals surface area (Å²) in [6.07, 6.45) is -2.88. The Morgan fingerprint density at radius 1 is 1.34 bits per heavy atom. The summed E-state index contributed by atoms with van der Waals surface area (Å²) in [5.41, 5.74) is -1.51. The molecular weight excluding hydrogens is 389 g/mol. The molecule has 0 amide bonds. The number of carbonyl (C=O) groups excluding carboxylic acids is 2. The highest BCUT2D eigenvalue weighted by atomic mass is 19.1. The minimum atomic E-state index is -2.33. The third kappa shape index (κ3) is 4.91. The van der Waals surface area contributed by atoms with Gasteiger partial charge in [-0.05, 0) is 13.0 Å². The highest BCUT2D eigenvalue weighted by molar-refractivity contribution is 5.72. The van der Waals surface area contributed by atoms with Crippen LogP contribution in [0.25, 0.3) is 0 Å². The molecule has 0 aliphatic carbocycles. The summed E-state index contributed by atoms with van der Waals surface area (Å²) in [5.74, 6) is -2.25. The number of carbonyl (C=O) groups is 2. The molecule has 1 aliphatic heterocycles. The van der Waals surface area contributed by atoms with Crippen LogP contribution in [0.1, 0.15) is 40.8 Å². The summed E-state index contributed by atoms with van der Waals surface area (Å²) in [6.45, 7) is 7.23. The van der Waals surface area contributed by atoms with E-state index in [1.807, 2.05) is 0 Å². The molecule has 0 spiro atoms. The SMILES string of the molecule is CC(C)C(=O)OC[C@H]1O[C@@H](n2ccc(NO)nc2=O)[C@](C)(F)[C@@H]1OC(=O)C(C)C. The first-order valence-corrected chi connectivity index (χ1v) is 9.19. The molecule has 0 aromatic carbocycles. The Hall–Kier alpha value is -2.53. The van der Waals surface area contributed by atoms with Crippen molar-refractivity contribution < 1.29 is 33.4 Å². The zero-order valence-electron chi connectivity index (χ0n) is 16.9. The van der Waals surface area contributed by atoms with Crippen molar-refractivity contribution in [3.63, 3.8) is 0 Å². The van der Waals surface area contributed by atoms with Gasteiger partial charge in [0.25, 0.3) is 0 Å². The van der Waals surface area contributed by atoms with Gasteiger partial charge >= 0.3 is 17.6 Å². The van der Waals surface area contributed by atoms with Crippen molar-refractivity contribution in [2.45, 2.75) is 58.7 Å². The number of anilines is 1. The van der Waals surface area contributed by atoms with Gasteiger partial charge in [0.15, 0.2) is 23.8 Å². The Balaban J connectivity index is 2.35. The van der Waals surface area contributed by atoms with Crippen LogP contribution in [0.3, 0.4) is 0 Å². The van der Waals surface area contributed by atoms with E-state index in [0.717, 1.165) is 11.5 Å². The number of rotatable bonds is 7. The number of aromatic nitrogens is 2. The zero-order valence-corrected chi connectivity index (χ0v) is 16.9. The number of esters is 2. The van der Waals surface area contributed by atoms with E-state index in [0.29, 0.717) is 0 Å². The first-order chi connectivity index (χ1) is 13.5. The van der Waals surface area contributed by atoms with Crippen LogP contribution in [0.2, 0.25) is 0 Å². The van der Waals surface area contributed by atoms with E-state index in [2.05, 4.69) is 4.98 Å². The Labute approximate surface area is 166 Å². The Morgan fingerprint density at radius 3 is 2.48 bits per heavy atom. The van der Waals surface area contributed by atoms with Gasteiger partial charge in [0.05, 0.1) is 11.8 Å². The number of ether oxygens (including phenoxy) is 3. The van der Waals surface area contributed by atoms with E-state index in [9.17, 15) is 14.4 Å². The van der Waals surface area contributed by atoms with E-state index in [-0.39, 0.29) is 12.4 Å². The molecular formula is C18H26FN3O7. The quantitative estimate of drug-likeness (QED) is 0.502. The number of nitrogens with one attached hydrogen (secondary N) is 1. The smallest absolute Gasteiger partial charge is 0.351 e. The summed E-state index contributed by atoms with van der Waals surface area (Å²) >= 11 is 0. The van der Waals surface area contributed by atoms with Crippen molar-refractivity contribution in [1.82, 2.24) is 9.55 Å². The zero-order chi connectivity index (χ0) is 21.9. The molecule has 2 N–H and O–H groups in total. The maximum Gasteiger partial charge on any atom is 0.351 e. The number of hydrogen-bond donors (Lipinski definition) is 2. The molecule has 1 fully saturated rings. The second-order valence-corrected chi connectivity index (χ2v) is 7.59. The molecule has 1 aromatic heterocycles. The van der Waals surface area contributed by atoms with Crippen molar-refractivity contribution in [3.05, 3.63) is 22.7 Å².